The van der Waals surface area contributed by atoms with Gasteiger partial charge in [-0.25, -0.2) is 9.97 Å². The first-order valence-corrected chi connectivity index (χ1v) is 4.45. The summed E-state index contributed by atoms with van der Waals surface area (Å²) in [5.41, 5.74) is 6.66. The number of oxazole rings is 1. The van der Waals surface area contributed by atoms with Crippen LogP contribution in [0.3, 0.4) is 0 Å². The number of hydrogen-bond donors (Lipinski definition) is 2. The minimum atomic E-state index is 0.134. The molecule has 0 amide bonds. The lowest BCUT2D eigenvalue weighted by Crippen LogP contribution is -2.05. The fourth-order valence-electron chi connectivity index (χ4n) is 1.13. The maximum Gasteiger partial charge on any atom is 0.181 e. The van der Waals surface area contributed by atoms with Crippen molar-refractivity contribution in [3.05, 3.63) is 41.3 Å². The minimum absolute atomic E-state index is 0.134. The van der Waals surface area contributed by atoms with Crippen molar-refractivity contribution in [3.63, 3.8) is 0 Å². The van der Waals surface area contributed by atoms with Crippen LogP contribution in [0.15, 0.2) is 29.3 Å². The zero-order chi connectivity index (χ0) is 10.8. The Morgan fingerprint density at radius 3 is 2.93 bits per heavy atom. The van der Waals surface area contributed by atoms with Gasteiger partial charge in [0.1, 0.15) is 10.9 Å². The predicted octanol–water partition coefficient (Wildman–Crippen LogP) is 1.72. The number of nitrogens with zero attached hydrogens (tertiary/aromatic N) is 2. The lowest BCUT2D eigenvalue weighted by Gasteiger charge is -2.04. The summed E-state index contributed by atoms with van der Waals surface area (Å²) in [6.07, 6.45) is 4.10. The first-order chi connectivity index (χ1) is 7.18. The molecule has 15 heavy (non-hydrogen) atoms. The molecule has 0 aliphatic carbocycles. The van der Waals surface area contributed by atoms with Crippen molar-refractivity contribution in [3.8, 4) is 0 Å². The monoisotopic (exact) mass is 222 g/mol. The smallest absolute Gasteiger partial charge is 0.181 e. The number of halogens is 1. The number of aromatic nitrogens is 2. The van der Waals surface area contributed by atoms with E-state index < -0.39 is 0 Å². The van der Waals surface area contributed by atoms with Gasteiger partial charge in [-0.15, -0.1) is 0 Å². The Kier molecular flexibility index (Phi) is 2.39. The Bertz CT molecular complexity index is 495. The zero-order valence-corrected chi connectivity index (χ0v) is 8.32. The number of nitrogens with one attached hydrogen (secondary N) is 1. The average molecular weight is 223 g/mol. The molecule has 76 valence electrons. The van der Waals surface area contributed by atoms with E-state index in [1.54, 1.807) is 0 Å². The summed E-state index contributed by atoms with van der Waals surface area (Å²) in [5.74, 6) is 0.337. The lowest BCUT2D eigenvalue weighted by atomic mass is 10.1. The van der Waals surface area contributed by atoms with Gasteiger partial charge in [0.05, 0.1) is 18.1 Å². The highest BCUT2D eigenvalue weighted by Gasteiger charge is 2.12. The molecule has 2 heterocycles. The first-order valence-electron chi connectivity index (χ1n) is 4.07. The van der Waals surface area contributed by atoms with E-state index in [1.807, 2.05) is 0 Å². The predicted molar refractivity (Wildman–Crippen MR) is 56.1 cm³/mol. The second-order valence-electron chi connectivity index (χ2n) is 2.83. The van der Waals surface area contributed by atoms with E-state index in [4.69, 9.17) is 27.2 Å². The zero-order valence-electron chi connectivity index (χ0n) is 7.57. The van der Waals surface area contributed by atoms with E-state index in [-0.39, 0.29) is 10.9 Å². The van der Waals surface area contributed by atoms with Crippen LogP contribution in [0.25, 0.3) is 0 Å². The molecule has 6 heteroatoms. The van der Waals surface area contributed by atoms with Crippen LogP contribution >= 0.6 is 11.6 Å². The van der Waals surface area contributed by atoms with Crippen LogP contribution in [0, 0.1) is 5.41 Å². The van der Waals surface area contributed by atoms with Gasteiger partial charge in [0, 0.05) is 5.56 Å². The third kappa shape index (κ3) is 1.82. The number of nitrogens with two attached hydrogens (primary N) is 1. The normalized spacial score (nSPS) is 10.2. The number of hydrogen-bond acceptors (Lipinski definition) is 5. The molecule has 0 unspecified atom stereocenters. The fourth-order valence-corrected chi connectivity index (χ4v) is 1.29. The minimum Gasteiger partial charge on any atom is -0.442 e. The van der Waals surface area contributed by atoms with Crippen LogP contribution < -0.4 is 5.73 Å². The van der Waals surface area contributed by atoms with E-state index in [0.29, 0.717) is 17.0 Å². The topological polar surface area (TPSA) is 88.8 Å². The van der Waals surface area contributed by atoms with Gasteiger partial charge in [0.2, 0.25) is 0 Å². The largest absolute Gasteiger partial charge is 0.442 e. The van der Waals surface area contributed by atoms with Crippen molar-refractivity contribution in [2.45, 2.75) is 0 Å². The number of nitrogen functional groups attached to an aromatic ring is 1. The highest BCUT2D eigenvalue weighted by atomic mass is 35.5. The molecule has 0 bridgehead atoms. The van der Waals surface area contributed by atoms with Gasteiger partial charge in [0.25, 0.3) is 0 Å². The van der Waals surface area contributed by atoms with Gasteiger partial charge in [-0.1, -0.05) is 11.6 Å². The molecule has 0 spiro atoms. The molecule has 0 aliphatic heterocycles. The van der Waals surface area contributed by atoms with E-state index in [9.17, 15) is 0 Å². The molecule has 2 rings (SSSR count). The van der Waals surface area contributed by atoms with Crippen molar-refractivity contribution in [1.82, 2.24) is 9.97 Å². The Morgan fingerprint density at radius 1 is 1.47 bits per heavy atom. The number of anilines is 1. The molecule has 0 atom stereocenters. The van der Waals surface area contributed by atoms with Crippen molar-refractivity contribution in [2.75, 3.05) is 5.73 Å². The first kappa shape index (κ1) is 9.67. The summed E-state index contributed by atoms with van der Waals surface area (Å²) in [5, 5.41) is 8.11. The van der Waals surface area contributed by atoms with Gasteiger partial charge in [-0.3, -0.25) is 5.41 Å². The third-order valence-corrected chi connectivity index (χ3v) is 2.06. The van der Waals surface area contributed by atoms with Gasteiger partial charge in [0.15, 0.2) is 12.2 Å². The molecule has 0 aliphatic rings. The van der Waals surface area contributed by atoms with Crippen LogP contribution in [-0.2, 0) is 0 Å². The Balaban J connectivity index is 2.46. The summed E-state index contributed by atoms with van der Waals surface area (Å²) in [7, 11) is 0. The van der Waals surface area contributed by atoms with E-state index in [0.717, 1.165) is 0 Å². The van der Waals surface area contributed by atoms with Crippen molar-refractivity contribution >= 4 is 23.0 Å². The van der Waals surface area contributed by atoms with Gasteiger partial charge in [-0.05, 0) is 6.07 Å². The van der Waals surface area contributed by atoms with Crippen molar-refractivity contribution < 1.29 is 4.42 Å². The number of rotatable bonds is 2. The summed E-state index contributed by atoms with van der Waals surface area (Å²) < 4.78 is 4.99. The molecule has 5 nitrogen and oxygen atoms in total. The average Bonchev–Trinajstić information content (AvgIpc) is 2.74. The van der Waals surface area contributed by atoms with Crippen LogP contribution in [0.1, 0.15) is 11.3 Å². The van der Waals surface area contributed by atoms with Crippen LogP contribution in [0.4, 0.5) is 5.69 Å². The second kappa shape index (κ2) is 3.70. The molecule has 0 saturated carbocycles. The van der Waals surface area contributed by atoms with Crippen LogP contribution in [0.5, 0.6) is 0 Å². The van der Waals surface area contributed by atoms with Gasteiger partial charge >= 0.3 is 0 Å². The molecule has 0 radical (unpaired) electrons. The third-order valence-electron chi connectivity index (χ3n) is 1.85. The Morgan fingerprint density at radius 2 is 2.27 bits per heavy atom. The van der Waals surface area contributed by atoms with E-state index >= 15 is 0 Å². The molecule has 3 N–H and O–H groups in total. The fraction of sp³-hybridized carbons (Fsp3) is 0. The maximum absolute atomic E-state index is 7.82. The van der Waals surface area contributed by atoms with Gasteiger partial charge < -0.3 is 10.2 Å². The molecule has 0 saturated heterocycles. The summed E-state index contributed by atoms with van der Waals surface area (Å²) in [6, 6.07) is 1.52. The highest BCUT2D eigenvalue weighted by Crippen LogP contribution is 2.18. The molecule has 2 aromatic rings. The standard InChI is InChI=1S/C9H7ClN4O/c10-8-1-5(6(11)2-14-8)9(12)7-3-13-4-15-7/h1-4,12H,11H2. The highest BCUT2D eigenvalue weighted by molar-refractivity contribution is 6.30. The van der Waals surface area contributed by atoms with E-state index in [2.05, 4.69) is 9.97 Å². The Labute approximate surface area is 90.4 Å². The summed E-state index contributed by atoms with van der Waals surface area (Å²) in [4.78, 5) is 7.52. The SMILES string of the molecule is N=C(c1cnco1)c1cc(Cl)ncc1N. The van der Waals surface area contributed by atoms with E-state index in [1.165, 1.54) is 24.9 Å². The van der Waals surface area contributed by atoms with Crippen LogP contribution in [-0.4, -0.2) is 15.7 Å². The van der Waals surface area contributed by atoms with Crippen molar-refractivity contribution in [2.24, 2.45) is 0 Å². The quantitative estimate of drug-likeness (QED) is 0.598. The Hall–Kier alpha value is -1.88. The molecular weight excluding hydrogens is 216 g/mol. The summed E-state index contributed by atoms with van der Waals surface area (Å²) in [6.45, 7) is 0. The maximum atomic E-state index is 7.82. The molecule has 2 aromatic heterocycles. The van der Waals surface area contributed by atoms with Gasteiger partial charge in [-0.2, -0.15) is 0 Å². The summed E-state index contributed by atoms with van der Waals surface area (Å²) >= 11 is 5.71. The number of pyridine rings is 1. The second-order valence-corrected chi connectivity index (χ2v) is 3.22. The molecule has 0 fully saturated rings. The molecular formula is C9H7ClN4O. The van der Waals surface area contributed by atoms with Crippen molar-refractivity contribution in [1.29, 1.82) is 5.41 Å². The molecule has 0 aromatic carbocycles. The van der Waals surface area contributed by atoms with Crippen LogP contribution in [0.2, 0.25) is 5.15 Å². The lowest BCUT2D eigenvalue weighted by molar-refractivity contribution is 0.548.